The maximum Gasteiger partial charge on any atom is -0.0126 e. The maximum absolute atomic E-state index is 2.28. The Hall–Kier alpha value is -1.13. The fraction of sp³-hybridized carbons (Fsp3) is 0.294. The van der Waals surface area contributed by atoms with E-state index in [0.717, 1.165) is 8.58 Å². The Labute approximate surface area is 112 Å². The molecule has 0 saturated carbocycles. The van der Waals surface area contributed by atoms with E-state index in [1.165, 1.54) is 21.7 Å². The molecule has 0 spiro atoms. The summed E-state index contributed by atoms with van der Waals surface area (Å²) >= 11 is 0. The first-order valence-electron chi connectivity index (χ1n) is 6.40. The van der Waals surface area contributed by atoms with Crippen molar-refractivity contribution < 1.29 is 0 Å². The van der Waals surface area contributed by atoms with Gasteiger partial charge in [0, 0.05) is 0 Å². The molecule has 0 fully saturated rings. The van der Waals surface area contributed by atoms with Crippen LogP contribution in [0.15, 0.2) is 48.5 Å². The zero-order valence-electron chi connectivity index (χ0n) is 11.6. The lowest BCUT2D eigenvalue weighted by Crippen LogP contribution is -2.21. The molecule has 0 heterocycles. The van der Waals surface area contributed by atoms with Crippen molar-refractivity contribution in [2.45, 2.75) is 33.1 Å². The molecule has 1 heteroatoms. The van der Waals surface area contributed by atoms with E-state index in [-0.39, 0.29) is 5.41 Å². The van der Waals surface area contributed by atoms with Crippen LogP contribution in [0.3, 0.4) is 0 Å². The first kappa shape index (κ1) is 13.3. The summed E-state index contributed by atoms with van der Waals surface area (Å²) in [6, 6.07) is 17.7. The van der Waals surface area contributed by atoms with Crippen LogP contribution in [0.4, 0.5) is 0 Å². The standard InChI is InChI=1S/C17H21P/c1-13-9-11-14(12-10-13)18-16-8-6-5-7-15(16)17(2,3)4/h5-12,18H,1-4H3. The van der Waals surface area contributed by atoms with Crippen LogP contribution in [-0.2, 0) is 5.41 Å². The molecule has 0 radical (unpaired) electrons. The molecule has 2 rings (SSSR count). The highest BCUT2D eigenvalue weighted by molar-refractivity contribution is 7.55. The molecule has 0 N–H and O–H groups in total. The predicted molar refractivity (Wildman–Crippen MR) is 83.9 cm³/mol. The van der Waals surface area contributed by atoms with Gasteiger partial charge in [-0.15, -0.1) is 0 Å². The fourth-order valence-corrected chi connectivity index (χ4v) is 3.46. The minimum absolute atomic E-state index is 0.217. The van der Waals surface area contributed by atoms with Gasteiger partial charge in [0.05, 0.1) is 0 Å². The van der Waals surface area contributed by atoms with Gasteiger partial charge in [-0.1, -0.05) is 83.4 Å². The first-order chi connectivity index (χ1) is 8.47. The van der Waals surface area contributed by atoms with Crippen molar-refractivity contribution in [3.05, 3.63) is 59.7 Å². The summed E-state index contributed by atoms with van der Waals surface area (Å²) in [6.07, 6.45) is 0. The third-order valence-corrected chi connectivity index (χ3v) is 4.39. The van der Waals surface area contributed by atoms with Crippen LogP contribution in [0, 0.1) is 6.92 Å². The zero-order chi connectivity index (χ0) is 13.2. The lowest BCUT2D eigenvalue weighted by molar-refractivity contribution is 0.594. The van der Waals surface area contributed by atoms with E-state index < -0.39 is 0 Å². The molecule has 0 bridgehead atoms. The molecule has 94 valence electrons. The molecule has 0 aliphatic heterocycles. The fourth-order valence-electron chi connectivity index (χ4n) is 2.04. The monoisotopic (exact) mass is 256 g/mol. The van der Waals surface area contributed by atoms with Crippen LogP contribution in [-0.4, -0.2) is 0 Å². The second-order valence-corrected chi connectivity index (χ2v) is 7.15. The van der Waals surface area contributed by atoms with E-state index in [9.17, 15) is 0 Å². The number of hydrogen-bond donors (Lipinski definition) is 0. The highest BCUT2D eigenvalue weighted by Crippen LogP contribution is 2.25. The van der Waals surface area contributed by atoms with Gasteiger partial charge in [-0.25, -0.2) is 0 Å². The number of aryl methyl sites for hydroxylation is 1. The van der Waals surface area contributed by atoms with E-state index in [2.05, 4.69) is 76.2 Å². The van der Waals surface area contributed by atoms with Crippen LogP contribution in [0.5, 0.6) is 0 Å². The highest BCUT2D eigenvalue weighted by Gasteiger charge is 2.17. The third kappa shape index (κ3) is 3.21. The normalized spacial score (nSPS) is 12.2. The Balaban J connectivity index is 2.32. The van der Waals surface area contributed by atoms with Gasteiger partial charge in [0.2, 0.25) is 0 Å². The molecule has 0 aromatic heterocycles. The van der Waals surface area contributed by atoms with Gasteiger partial charge in [0.1, 0.15) is 0 Å². The quantitative estimate of drug-likeness (QED) is 0.714. The van der Waals surface area contributed by atoms with Crippen molar-refractivity contribution in [3.8, 4) is 0 Å². The van der Waals surface area contributed by atoms with E-state index in [1.54, 1.807) is 0 Å². The molecule has 1 unspecified atom stereocenters. The highest BCUT2D eigenvalue weighted by atomic mass is 31.1. The number of benzene rings is 2. The Morgan fingerprint density at radius 1 is 0.833 bits per heavy atom. The summed E-state index contributed by atoms with van der Waals surface area (Å²) in [4.78, 5) is 0. The van der Waals surface area contributed by atoms with Crippen LogP contribution >= 0.6 is 8.58 Å². The topological polar surface area (TPSA) is 0 Å². The van der Waals surface area contributed by atoms with Crippen molar-refractivity contribution >= 4 is 19.2 Å². The van der Waals surface area contributed by atoms with Crippen molar-refractivity contribution in [2.75, 3.05) is 0 Å². The minimum Gasteiger partial charge on any atom is -0.0619 e. The molecule has 0 aliphatic carbocycles. The van der Waals surface area contributed by atoms with Crippen molar-refractivity contribution in [3.63, 3.8) is 0 Å². The Morgan fingerprint density at radius 2 is 1.44 bits per heavy atom. The summed E-state index contributed by atoms with van der Waals surface area (Å²) in [5.74, 6) is 0. The smallest absolute Gasteiger partial charge is 0.0126 e. The van der Waals surface area contributed by atoms with Gasteiger partial charge in [-0.3, -0.25) is 0 Å². The van der Waals surface area contributed by atoms with Crippen molar-refractivity contribution in [1.82, 2.24) is 0 Å². The summed E-state index contributed by atoms with van der Waals surface area (Å²) in [5.41, 5.74) is 3.01. The van der Waals surface area contributed by atoms with Crippen molar-refractivity contribution in [1.29, 1.82) is 0 Å². The van der Waals surface area contributed by atoms with Gasteiger partial charge >= 0.3 is 0 Å². The lowest BCUT2D eigenvalue weighted by atomic mass is 9.87. The van der Waals surface area contributed by atoms with Crippen molar-refractivity contribution in [2.24, 2.45) is 0 Å². The van der Waals surface area contributed by atoms with Gasteiger partial charge < -0.3 is 0 Å². The molecule has 0 aliphatic rings. The van der Waals surface area contributed by atoms with Gasteiger partial charge in [0.15, 0.2) is 0 Å². The molecule has 0 saturated heterocycles. The average Bonchev–Trinajstić information content (AvgIpc) is 2.31. The van der Waals surface area contributed by atoms with Crippen LogP contribution in [0.1, 0.15) is 31.9 Å². The number of hydrogen-bond acceptors (Lipinski definition) is 0. The van der Waals surface area contributed by atoms with Crippen LogP contribution < -0.4 is 10.6 Å². The minimum atomic E-state index is 0.217. The molecular weight excluding hydrogens is 235 g/mol. The SMILES string of the molecule is Cc1ccc(Pc2ccccc2C(C)(C)C)cc1. The Morgan fingerprint density at radius 3 is 2.06 bits per heavy atom. The van der Waals surface area contributed by atoms with E-state index in [0.29, 0.717) is 0 Å². The molecule has 0 nitrogen and oxygen atoms in total. The predicted octanol–water partition coefficient (Wildman–Crippen LogP) is 3.92. The van der Waals surface area contributed by atoms with Gasteiger partial charge in [-0.2, -0.15) is 0 Å². The summed E-state index contributed by atoms with van der Waals surface area (Å²) in [5, 5.41) is 2.88. The summed E-state index contributed by atoms with van der Waals surface area (Å²) in [6.45, 7) is 8.98. The first-order valence-corrected chi connectivity index (χ1v) is 7.40. The van der Waals surface area contributed by atoms with Gasteiger partial charge in [0.25, 0.3) is 0 Å². The second-order valence-electron chi connectivity index (χ2n) is 5.79. The van der Waals surface area contributed by atoms with Crippen LogP contribution in [0.2, 0.25) is 0 Å². The maximum atomic E-state index is 2.28. The molecule has 1 atom stereocenters. The molecular formula is C17H21P. The van der Waals surface area contributed by atoms with Gasteiger partial charge in [-0.05, 0) is 28.5 Å². The average molecular weight is 256 g/mol. The van der Waals surface area contributed by atoms with E-state index in [1.807, 2.05) is 0 Å². The molecule has 2 aromatic rings. The van der Waals surface area contributed by atoms with E-state index >= 15 is 0 Å². The molecule has 2 aromatic carbocycles. The number of rotatable bonds is 2. The Bertz CT molecular complexity index is 518. The summed E-state index contributed by atoms with van der Waals surface area (Å²) < 4.78 is 0. The second kappa shape index (κ2) is 5.24. The van der Waals surface area contributed by atoms with E-state index in [4.69, 9.17) is 0 Å². The molecule has 18 heavy (non-hydrogen) atoms. The third-order valence-electron chi connectivity index (χ3n) is 3.07. The lowest BCUT2D eigenvalue weighted by Gasteiger charge is -2.22. The Kier molecular flexibility index (Phi) is 3.88. The largest absolute Gasteiger partial charge is 0.0619 e. The molecule has 0 amide bonds. The zero-order valence-corrected chi connectivity index (χ0v) is 12.6. The summed E-state index contributed by atoms with van der Waals surface area (Å²) in [7, 11) is 0.745. The van der Waals surface area contributed by atoms with Crippen LogP contribution in [0.25, 0.3) is 0 Å².